The van der Waals surface area contributed by atoms with Crippen LogP contribution in [-0.4, -0.2) is 6.04 Å². The largest absolute Gasteiger partial charge is 0.327 e. The molecule has 0 aliphatic heterocycles. The molecule has 2 N–H and O–H groups in total. The van der Waals surface area contributed by atoms with Crippen molar-refractivity contribution in [2.75, 3.05) is 0 Å². The van der Waals surface area contributed by atoms with Gasteiger partial charge < -0.3 is 5.73 Å². The van der Waals surface area contributed by atoms with Crippen molar-refractivity contribution in [1.82, 2.24) is 0 Å². The smallest absolute Gasteiger partial charge is 0.00743 e. The van der Waals surface area contributed by atoms with E-state index >= 15 is 0 Å². The minimum absolute atomic E-state index is 0.458. The average molecular weight is 56.1 g/mol. The first-order valence-corrected chi connectivity index (χ1v) is 1.48. The lowest BCUT2D eigenvalue weighted by Crippen LogP contribution is -1.94. The second-order valence-corrected chi connectivity index (χ2v) is 1.14. The van der Waals surface area contributed by atoms with Gasteiger partial charge in [-0.25, -0.2) is 0 Å². The monoisotopic (exact) mass is 56.1 g/mol. The maximum Gasteiger partial charge on any atom is 0.00743 e. The zero-order valence-electron chi connectivity index (χ0n) is 2.44. The molecule has 0 heterocycles. The highest BCUT2D eigenvalue weighted by molar-refractivity contribution is 4.98. The van der Waals surface area contributed by atoms with Crippen LogP contribution in [0.5, 0.6) is 0 Å². The highest BCUT2D eigenvalue weighted by Crippen LogP contribution is 2.11. The van der Waals surface area contributed by atoms with Crippen molar-refractivity contribution in [1.29, 1.82) is 0 Å². The first-order chi connectivity index (χ1) is 1.89. The van der Waals surface area contributed by atoms with Crippen LogP contribution in [0.15, 0.2) is 0 Å². The third-order valence-electron chi connectivity index (χ3n) is 0.508. The Balaban J connectivity index is 2.17. The van der Waals surface area contributed by atoms with E-state index in [4.69, 9.17) is 5.73 Å². The fourth-order valence-electron chi connectivity index (χ4n) is 0.0786. The zero-order chi connectivity index (χ0) is 2.99. The number of hydrogen-bond donors (Lipinski definition) is 1. The maximum absolute atomic E-state index is 5.17. The van der Waals surface area contributed by atoms with Gasteiger partial charge in [0.25, 0.3) is 0 Å². The molecule has 0 aromatic heterocycles. The molecule has 1 heteroatoms. The molecule has 0 aromatic rings. The fraction of sp³-hybridized carbons (Fsp3) is 0.667. The van der Waals surface area contributed by atoms with E-state index < -0.39 is 0 Å². The molecule has 1 fully saturated rings. The molecular formula is C3H6N. The van der Waals surface area contributed by atoms with Gasteiger partial charge in [0.15, 0.2) is 0 Å². The Bertz CT molecular complexity index is 22.5. The Morgan fingerprint density at radius 1 is 2.00 bits per heavy atom. The quantitative estimate of drug-likeness (QED) is 0.413. The molecule has 23 valence electrons. The van der Waals surface area contributed by atoms with Crippen molar-refractivity contribution in [3.8, 4) is 0 Å². The molecule has 0 amide bonds. The van der Waals surface area contributed by atoms with E-state index in [9.17, 15) is 0 Å². The van der Waals surface area contributed by atoms with Gasteiger partial charge in [-0.3, -0.25) is 0 Å². The standard InChI is InChI=1S/C3H6N/c4-3-1-2-3/h1,3H,2,4H2/t3-/m1/s1. The van der Waals surface area contributed by atoms with E-state index in [1.807, 2.05) is 0 Å². The lowest BCUT2D eigenvalue weighted by Gasteiger charge is -1.58. The first-order valence-electron chi connectivity index (χ1n) is 1.48. The second-order valence-electron chi connectivity index (χ2n) is 1.14. The summed E-state index contributed by atoms with van der Waals surface area (Å²) in [6.07, 6.45) is 3.21. The van der Waals surface area contributed by atoms with Crippen LogP contribution in [0.25, 0.3) is 0 Å². The van der Waals surface area contributed by atoms with Crippen molar-refractivity contribution in [3.63, 3.8) is 0 Å². The van der Waals surface area contributed by atoms with Gasteiger partial charge in [0.2, 0.25) is 0 Å². The van der Waals surface area contributed by atoms with Crippen LogP contribution in [0, 0.1) is 6.42 Å². The van der Waals surface area contributed by atoms with Crippen LogP contribution in [0.2, 0.25) is 0 Å². The van der Waals surface area contributed by atoms with Gasteiger partial charge in [-0.1, -0.05) is 0 Å². The van der Waals surface area contributed by atoms with E-state index in [-0.39, 0.29) is 0 Å². The summed E-state index contributed by atoms with van der Waals surface area (Å²) >= 11 is 0. The summed E-state index contributed by atoms with van der Waals surface area (Å²) in [6, 6.07) is 0.458. The molecule has 1 aliphatic carbocycles. The second kappa shape index (κ2) is 0.462. The van der Waals surface area contributed by atoms with Crippen LogP contribution in [0.1, 0.15) is 6.42 Å². The highest BCUT2D eigenvalue weighted by Gasteiger charge is 2.14. The maximum atomic E-state index is 5.17. The predicted octanol–water partition coefficient (Wildman–Crippen LogP) is -0.0783. The average Bonchev–Trinajstić information content (AvgIpc) is 1.75. The third-order valence-corrected chi connectivity index (χ3v) is 0.508. The van der Waals surface area contributed by atoms with Gasteiger partial charge >= 0.3 is 0 Å². The summed E-state index contributed by atoms with van der Waals surface area (Å²) in [5.74, 6) is 0. The zero-order valence-corrected chi connectivity index (χ0v) is 2.44. The van der Waals surface area contributed by atoms with E-state index in [1.54, 1.807) is 0 Å². The molecule has 0 unspecified atom stereocenters. The number of rotatable bonds is 0. The molecule has 1 rings (SSSR count). The summed E-state index contributed by atoms with van der Waals surface area (Å²) in [4.78, 5) is 0. The summed E-state index contributed by atoms with van der Waals surface area (Å²) in [7, 11) is 0. The van der Waals surface area contributed by atoms with Crippen molar-refractivity contribution < 1.29 is 0 Å². The summed E-state index contributed by atoms with van der Waals surface area (Å²) in [5, 5.41) is 0. The Hall–Kier alpha value is -0.0400. The van der Waals surface area contributed by atoms with Gasteiger partial charge in [0, 0.05) is 6.04 Å². The molecule has 1 nitrogen and oxygen atoms in total. The van der Waals surface area contributed by atoms with Crippen LogP contribution in [-0.2, 0) is 0 Å². The number of nitrogens with two attached hydrogens (primary N) is 1. The fourth-order valence-corrected chi connectivity index (χ4v) is 0.0786. The molecule has 1 aliphatic rings. The van der Waals surface area contributed by atoms with E-state index in [1.165, 1.54) is 0 Å². The van der Waals surface area contributed by atoms with Gasteiger partial charge in [-0.2, -0.15) is 0 Å². The molecule has 1 atom stereocenters. The summed E-state index contributed by atoms with van der Waals surface area (Å²) in [5.41, 5.74) is 5.17. The summed E-state index contributed by atoms with van der Waals surface area (Å²) in [6.45, 7) is 0. The van der Waals surface area contributed by atoms with Crippen LogP contribution in [0.4, 0.5) is 0 Å². The van der Waals surface area contributed by atoms with E-state index in [0.717, 1.165) is 6.42 Å². The Kier molecular flexibility index (Phi) is 0.256. The molecule has 4 heavy (non-hydrogen) atoms. The van der Waals surface area contributed by atoms with Crippen molar-refractivity contribution in [3.05, 3.63) is 6.42 Å². The molecule has 1 radical (unpaired) electrons. The van der Waals surface area contributed by atoms with E-state index in [0.29, 0.717) is 6.04 Å². The highest BCUT2D eigenvalue weighted by atomic mass is 14.7. The molecule has 0 saturated heterocycles. The van der Waals surface area contributed by atoms with Crippen molar-refractivity contribution >= 4 is 0 Å². The minimum Gasteiger partial charge on any atom is -0.327 e. The molecule has 0 bridgehead atoms. The van der Waals surface area contributed by atoms with Gasteiger partial charge in [-0.15, -0.1) is 0 Å². The SMILES string of the molecule is N[C@@H]1[CH]C1. The van der Waals surface area contributed by atoms with Gasteiger partial charge in [0.1, 0.15) is 0 Å². The minimum atomic E-state index is 0.458. The Morgan fingerprint density at radius 3 is 2.25 bits per heavy atom. The first kappa shape index (κ1) is 2.21. The number of hydrogen-bond acceptors (Lipinski definition) is 1. The molecular weight excluding hydrogens is 50.0 g/mol. The van der Waals surface area contributed by atoms with Gasteiger partial charge in [0.05, 0.1) is 0 Å². The van der Waals surface area contributed by atoms with Crippen molar-refractivity contribution in [2.24, 2.45) is 5.73 Å². The lowest BCUT2D eigenvalue weighted by atomic mass is 10.8. The van der Waals surface area contributed by atoms with Crippen molar-refractivity contribution in [2.45, 2.75) is 12.5 Å². The van der Waals surface area contributed by atoms with Crippen LogP contribution < -0.4 is 5.73 Å². The topological polar surface area (TPSA) is 26.0 Å². The molecule has 1 saturated carbocycles. The molecule has 0 aromatic carbocycles. The van der Waals surface area contributed by atoms with E-state index in [2.05, 4.69) is 6.42 Å². The predicted molar refractivity (Wildman–Crippen MR) is 16.9 cm³/mol. The third kappa shape index (κ3) is 0.206. The molecule has 0 spiro atoms. The Morgan fingerprint density at radius 2 is 2.25 bits per heavy atom. The Labute approximate surface area is 25.8 Å². The van der Waals surface area contributed by atoms with Crippen LogP contribution >= 0.6 is 0 Å². The lowest BCUT2D eigenvalue weighted by molar-refractivity contribution is 1.10. The van der Waals surface area contributed by atoms with Crippen LogP contribution in [0.3, 0.4) is 0 Å². The normalized spacial score (nSPS) is 26.2. The van der Waals surface area contributed by atoms with Gasteiger partial charge in [-0.05, 0) is 12.8 Å². The summed E-state index contributed by atoms with van der Waals surface area (Å²) < 4.78 is 0.